The first-order valence-electron chi connectivity index (χ1n) is 6.18. The van der Waals surface area contributed by atoms with Gasteiger partial charge in [-0.05, 0) is 18.8 Å². The maximum absolute atomic E-state index is 12.2. The number of nitrogens with zero attached hydrogens (tertiary/aromatic N) is 1. The highest BCUT2D eigenvalue weighted by Gasteiger charge is 2.40. The highest BCUT2D eigenvalue weighted by atomic mass is 32.2. The third-order valence-corrected chi connectivity index (χ3v) is 6.00. The maximum atomic E-state index is 12.2. The van der Waals surface area contributed by atoms with E-state index in [0.717, 1.165) is 6.42 Å². The van der Waals surface area contributed by atoms with E-state index >= 15 is 0 Å². The Balaban J connectivity index is 2.10. The molecule has 0 radical (unpaired) electrons. The largest absolute Gasteiger partial charge is 0.340 e. The van der Waals surface area contributed by atoms with Gasteiger partial charge in [-0.3, -0.25) is 4.79 Å². The molecule has 2 heterocycles. The van der Waals surface area contributed by atoms with Gasteiger partial charge in [0.1, 0.15) is 5.25 Å². The number of carbonyl (C=O) groups is 1. The van der Waals surface area contributed by atoms with E-state index in [4.69, 9.17) is 5.73 Å². The molecule has 6 heteroatoms. The molecule has 3 unspecified atom stereocenters. The highest BCUT2D eigenvalue weighted by molar-refractivity contribution is 7.92. The standard InChI is InChI=1S/C11H20N2O3S/c1-8-6-13(7-9(8)12)11(14)10-4-2-3-5-17(10,15)16/h8-10H,2-7,12H2,1H3. The average Bonchev–Trinajstić information content (AvgIpc) is 2.58. The summed E-state index contributed by atoms with van der Waals surface area (Å²) >= 11 is 0. The molecule has 0 saturated carbocycles. The van der Waals surface area contributed by atoms with Gasteiger partial charge in [0.25, 0.3) is 0 Å². The van der Waals surface area contributed by atoms with Gasteiger partial charge in [0.2, 0.25) is 5.91 Å². The zero-order chi connectivity index (χ0) is 12.6. The van der Waals surface area contributed by atoms with Crippen LogP contribution < -0.4 is 5.73 Å². The monoisotopic (exact) mass is 260 g/mol. The molecule has 17 heavy (non-hydrogen) atoms. The van der Waals surface area contributed by atoms with Crippen LogP contribution in [0.4, 0.5) is 0 Å². The Morgan fingerprint density at radius 2 is 2.00 bits per heavy atom. The Kier molecular flexibility index (Phi) is 3.45. The van der Waals surface area contributed by atoms with Crippen LogP contribution in [0.2, 0.25) is 0 Å². The SMILES string of the molecule is CC1CN(C(=O)C2CCCCS2(=O)=O)CC1N. The molecule has 0 aliphatic carbocycles. The summed E-state index contributed by atoms with van der Waals surface area (Å²) in [6, 6.07) is -0.0229. The molecule has 2 fully saturated rings. The van der Waals surface area contributed by atoms with Crippen LogP contribution in [0, 0.1) is 5.92 Å². The normalized spacial score (nSPS) is 37.1. The van der Waals surface area contributed by atoms with E-state index in [1.807, 2.05) is 6.92 Å². The fourth-order valence-corrected chi connectivity index (χ4v) is 4.48. The lowest BCUT2D eigenvalue weighted by Gasteiger charge is -2.26. The number of hydrogen-bond donors (Lipinski definition) is 1. The molecule has 0 aromatic carbocycles. The van der Waals surface area contributed by atoms with Gasteiger partial charge in [0.05, 0.1) is 5.75 Å². The van der Waals surface area contributed by atoms with Crippen molar-refractivity contribution in [3.63, 3.8) is 0 Å². The molecule has 0 aromatic heterocycles. The summed E-state index contributed by atoms with van der Waals surface area (Å²) in [7, 11) is -3.23. The number of amides is 1. The highest BCUT2D eigenvalue weighted by Crippen LogP contribution is 2.24. The number of sulfone groups is 1. The van der Waals surface area contributed by atoms with Crippen molar-refractivity contribution >= 4 is 15.7 Å². The number of hydrogen-bond acceptors (Lipinski definition) is 4. The number of nitrogens with two attached hydrogens (primary N) is 1. The molecule has 0 spiro atoms. The van der Waals surface area contributed by atoms with Crippen LogP contribution in [0.5, 0.6) is 0 Å². The maximum Gasteiger partial charge on any atom is 0.240 e. The molecule has 5 nitrogen and oxygen atoms in total. The summed E-state index contributed by atoms with van der Waals surface area (Å²) in [5.41, 5.74) is 5.86. The van der Waals surface area contributed by atoms with Gasteiger partial charge < -0.3 is 10.6 Å². The lowest BCUT2D eigenvalue weighted by atomic mass is 10.1. The van der Waals surface area contributed by atoms with Crippen LogP contribution in [-0.2, 0) is 14.6 Å². The molecule has 2 aliphatic heterocycles. The van der Waals surface area contributed by atoms with Crippen molar-refractivity contribution in [2.75, 3.05) is 18.8 Å². The van der Waals surface area contributed by atoms with Crippen molar-refractivity contribution in [1.29, 1.82) is 0 Å². The van der Waals surface area contributed by atoms with E-state index in [1.54, 1.807) is 4.90 Å². The van der Waals surface area contributed by atoms with E-state index < -0.39 is 15.1 Å². The fraction of sp³-hybridized carbons (Fsp3) is 0.909. The third-order valence-electron chi connectivity index (χ3n) is 3.84. The first kappa shape index (κ1) is 12.8. The van der Waals surface area contributed by atoms with Crippen LogP contribution in [0.3, 0.4) is 0 Å². The van der Waals surface area contributed by atoms with E-state index in [2.05, 4.69) is 0 Å². The van der Waals surface area contributed by atoms with Crippen LogP contribution in [0.25, 0.3) is 0 Å². The molecule has 2 N–H and O–H groups in total. The summed E-state index contributed by atoms with van der Waals surface area (Å²) in [6.07, 6.45) is 1.98. The number of carbonyl (C=O) groups excluding carboxylic acids is 1. The fourth-order valence-electron chi connectivity index (χ4n) is 2.61. The van der Waals surface area contributed by atoms with Crippen LogP contribution >= 0.6 is 0 Å². The Bertz CT molecular complexity index is 397. The minimum absolute atomic E-state index is 0.0229. The van der Waals surface area contributed by atoms with Gasteiger partial charge in [0, 0.05) is 19.1 Å². The lowest BCUT2D eigenvalue weighted by Crippen LogP contribution is -2.45. The number of likely N-dealkylation sites (tertiary alicyclic amines) is 1. The van der Waals surface area contributed by atoms with Gasteiger partial charge in [-0.1, -0.05) is 13.3 Å². The topological polar surface area (TPSA) is 80.5 Å². The summed E-state index contributed by atoms with van der Waals surface area (Å²) in [6.45, 7) is 3.07. The van der Waals surface area contributed by atoms with Crippen LogP contribution in [0.15, 0.2) is 0 Å². The first-order chi connectivity index (χ1) is 7.92. The third kappa shape index (κ3) is 2.47. The molecule has 0 bridgehead atoms. The second-order valence-corrected chi connectivity index (χ2v) is 7.54. The van der Waals surface area contributed by atoms with Crippen LogP contribution in [0.1, 0.15) is 26.2 Å². The predicted molar refractivity (Wildman–Crippen MR) is 65.1 cm³/mol. The van der Waals surface area contributed by atoms with Gasteiger partial charge in [-0.15, -0.1) is 0 Å². The summed E-state index contributed by atoms with van der Waals surface area (Å²) in [4.78, 5) is 13.8. The molecule has 2 rings (SSSR count). The Morgan fingerprint density at radius 1 is 1.29 bits per heavy atom. The second-order valence-electron chi connectivity index (χ2n) is 5.24. The van der Waals surface area contributed by atoms with Crippen molar-refractivity contribution in [2.45, 2.75) is 37.5 Å². The van der Waals surface area contributed by atoms with E-state index in [0.29, 0.717) is 25.9 Å². The van der Waals surface area contributed by atoms with Crippen molar-refractivity contribution in [3.8, 4) is 0 Å². The Morgan fingerprint density at radius 3 is 2.53 bits per heavy atom. The summed E-state index contributed by atoms with van der Waals surface area (Å²) in [5, 5.41) is -0.811. The first-order valence-corrected chi connectivity index (χ1v) is 7.89. The van der Waals surface area contributed by atoms with Crippen molar-refractivity contribution in [1.82, 2.24) is 4.90 Å². The average molecular weight is 260 g/mol. The van der Waals surface area contributed by atoms with Crippen molar-refractivity contribution in [2.24, 2.45) is 11.7 Å². The molecular formula is C11H20N2O3S. The predicted octanol–water partition coefficient (Wildman–Crippen LogP) is -0.241. The molecular weight excluding hydrogens is 240 g/mol. The Hall–Kier alpha value is -0.620. The zero-order valence-electron chi connectivity index (χ0n) is 10.1. The van der Waals surface area contributed by atoms with E-state index in [1.165, 1.54) is 0 Å². The zero-order valence-corrected chi connectivity index (χ0v) is 10.9. The quantitative estimate of drug-likeness (QED) is 0.705. The minimum Gasteiger partial charge on any atom is -0.340 e. The summed E-state index contributed by atoms with van der Waals surface area (Å²) in [5.74, 6) is 0.175. The molecule has 98 valence electrons. The van der Waals surface area contributed by atoms with Crippen molar-refractivity contribution in [3.05, 3.63) is 0 Å². The van der Waals surface area contributed by atoms with Crippen LogP contribution in [-0.4, -0.2) is 49.4 Å². The lowest BCUT2D eigenvalue weighted by molar-refractivity contribution is -0.130. The van der Waals surface area contributed by atoms with E-state index in [9.17, 15) is 13.2 Å². The Labute approximate surface area is 102 Å². The molecule has 3 atom stereocenters. The van der Waals surface area contributed by atoms with Gasteiger partial charge in [0.15, 0.2) is 9.84 Å². The van der Waals surface area contributed by atoms with Gasteiger partial charge in [-0.2, -0.15) is 0 Å². The molecule has 2 saturated heterocycles. The second kappa shape index (κ2) is 4.57. The molecule has 1 amide bonds. The molecule has 2 aliphatic rings. The number of rotatable bonds is 1. The smallest absolute Gasteiger partial charge is 0.240 e. The minimum atomic E-state index is -3.23. The molecule has 0 aromatic rings. The van der Waals surface area contributed by atoms with Gasteiger partial charge in [-0.25, -0.2) is 8.42 Å². The summed E-state index contributed by atoms with van der Waals surface area (Å²) < 4.78 is 23.7. The van der Waals surface area contributed by atoms with Gasteiger partial charge >= 0.3 is 0 Å². The van der Waals surface area contributed by atoms with E-state index in [-0.39, 0.29) is 23.6 Å². The van der Waals surface area contributed by atoms with Crippen molar-refractivity contribution < 1.29 is 13.2 Å².